The number of thiocarbonyl (C=S) groups is 1. The standard InChI is InChI=1S/C10H10N2OS2/c11-7-3-1-6(2-4-7)5-8-9(13)12-10(14)15-8/h1-4,8H,5,11H2,(H,12,13,14). The third-order valence-corrected chi connectivity index (χ3v) is 3.54. The molecule has 3 N–H and O–H groups in total. The highest BCUT2D eigenvalue weighted by molar-refractivity contribution is 8.24. The summed E-state index contributed by atoms with van der Waals surface area (Å²) in [5, 5.41) is 2.53. The molecule has 1 aromatic rings. The number of benzene rings is 1. The van der Waals surface area contributed by atoms with E-state index in [1.807, 2.05) is 24.3 Å². The number of hydrogen-bond donors (Lipinski definition) is 2. The van der Waals surface area contributed by atoms with E-state index >= 15 is 0 Å². The Morgan fingerprint density at radius 3 is 2.60 bits per heavy atom. The number of amides is 1. The lowest BCUT2D eigenvalue weighted by atomic mass is 10.1. The highest BCUT2D eigenvalue weighted by atomic mass is 32.2. The van der Waals surface area contributed by atoms with E-state index in [0.29, 0.717) is 10.7 Å². The molecule has 78 valence electrons. The quantitative estimate of drug-likeness (QED) is 0.603. The van der Waals surface area contributed by atoms with Gasteiger partial charge in [-0.05, 0) is 24.1 Å². The predicted octanol–water partition coefficient (Wildman–Crippen LogP) is 1.33. The number of hydrogen-bond acceptors (Lipinski definition) is 4. The van der Waals surface area contributed by atoms with Crippen LogP contribution in [-0.4, -0.2) is 15.5 Å². The summed E-state index contributed by atoms with van der Waals surface area (Å²) in [7, 11) is 0. The molecule has 1 heterocycles. The molecule has 0 spiro atoms. The van der Waals surface area contributed by atoms with Crippen LogP contribution >= 0.6 is 24.0 Å². The maximum Gasteiger partial charge on any atom is 0.239 e. The summed E-state index contributed by atoms with van der Waals surface area (Å²) in [4.78, 5) is 11.4. The van der Waals surface area contributed by atoms with E-state index in [9.17, 15) is 4.79 Å². The monoisotopic (exact) mass is 238 g/mol. The minimum atomic E-state index is -0.0962. The summed E-state index contributed by atoms with van der Waals surface area (Å²) in [6.45, 7) is 0. The van der Waals surface area contributed by atoms with Gasteiger partial charge in [0, 0.05) is 5.69 Å². The van der Waals surface area contributed by atoms with Gasteiger partial charge < -0.3 is 11.1 Å². The lowest BCUT2D eigenvalue weighted by Gasteiger charge is -2.05. The van der Waals surface area contributed by atoms with E-state index < -0.39 is 0 Å². The summed E-state index contributed by atoms with van der Waals surface area (Å²) in [6, 6.07) is 7.55. The first kappa shape index (κ1) is 10.4. The first-order chi connectivity index (χ1) is 7.15. The summed E-state index contributed by atoms with van der Waals surface area (Å²) < 4.78 is 0.570. The van der Waals surface area contributed by atoms with Crippen molar-refractivity contribution in [3.63, 3.8) is 0 Å². The molecular weight excluding hydrogens is 228 g/mol. The lowest BCUT2D eigenvalue weighted by molar-refractivity contribution is -0.118. The second kappa shape index (κ2) is 4.20. The van der Waals surface area contributed by atoms with Gasteiger partial charge in [0.15, 0.2) is 0 Å². The number of nitrogen functional groups attached to an aromatic ring is 1. The number of carbonyl (C=O) groups is 1. The number of anilines is 1. The van der Waals surface area contributed by atoms with Gasteiger partial charge in [-0.3, -0.25) is 4.79 Å². The van der Waals surface area contributed by atoms with Crippen LogP contribution in [0.15, 0.2) is 24.3 Å². The van der Waals surface area contributed by atoms with E-state index in [4.69, 9.17) is 18.0 Å². The zero-order valence-electron chi connectivity index (χ0n) is 7.90. The Hall–Kier alpha value is -1.07. The van der Waals surface area contributed by atoms with Crippen molar-refractivity contribution in [2.45, 2.75) is 11.7 Å². The predicted molar refractivity (Wildman–Crippen MR) is 66.7 cm³/mol. The Labute approximate surface area is 97.4 Å². The molecule has 0 aliphatic carbocycles. The van der Waals surface area contributed by atoms with E-state index in [1.54, 1.807) is 0 Å². The van der Waals surface area contributed by atoms with E-state index in [-0.39, 0.29) is 11.2 Å². The second-order valence-electron chi connectivity index (χ2n) is 3.33. The van der Waals surface area contributed by atoms with Crippen molar-refractivity contribution < 1.29 is 4.79 Å². The molecule has 1 amide bonds. The fraction of sp³-hybridized carbons (Fsp3) is 0.200. The van der Waals surface area contributed by atoms with Crippen molar-refractivity contribution in [3.8, 4) is 0 Å². The molecule has 0 bridgehead atoms. The minimum Gasteiger partial charge on any atom is -0.399 e. The molecule has 3 nitrogen and oxygen atoms in total. The average molecular weight is 238 g/mol. The maximum absolute atomic E-state index is 11.4. The van der Waals surface area contributed by atoms with Crippen LogP contribution in [0.3, 0.4) is 0 Å². The molecule has 1 fully saturated rings. The van der Waals surface area contributed by atoms with Gasteiger partial charge in [0.25, 0.3) is 0 Å². The fourth-order valence-corrected chi connectivity index (χ4v) is 2.70. The van der Waals surface area contributed by atoms with Crippen molar-refractivity contribution in [1.29, 1.82) is 0 Å². The summed E-state index contributed by atoms with van der Waals surface area (Å²) in [5.41, 5.74) is 7.41. The molecule has 0 saturated carbocycles. The van der Waals surface area contributed by atoms with Gasteiger partial charge in [-0.15, -0.1) is 0 Å². The molecule has 0 aromatic heterocycles. The topological polar surface area (TPSA) is 55.1 Å². The van der Waals surface area contributed by atoms with Crippen LogP contribution in [0.25, 0.3) is 0 Å². The Kier molecular flexibility index (Phi) is 2.93. The minimum absolute atomic E-state index is 0.00169. The first-order valence-corrected chi connectivity index (χ1v) is 5.80. The molecular formula is C10H10N2OS2. The van der Waals surface area contributed by atoms with Gasteiger partial charge in [-0.25, -0.2) is 0 Å². The molecule has 1 unspecified atom stereocenters. The smallest absolute Gasteiger partial charge is 0.239 e. The summed E-state index contributed by atoms with van der Waals surface area (Å²) >= 11 is 6.33. The number of carbonyl (C=O) groups excluding carboxylic acids is 1. The van der Waals surface area contributed by atoms with Crippen molar-refractivity contribution >= 4 is 39.9 Å². The Morgan fingerprint density at radius 2 is 2.07 bits per heavy atom. The third-order valence-electron chi connectivity index (χ3n) is 2.17. The molecule has 1 aliphatic rings. The van der Waals surface area contributed by atoms with Gasteiger partial charge >= 0.3 is 0 Å². The van der Waals surface area contributed by atoms with Crippen LogP contribution in [0.4, 0.5) is 5.69 Å². The van der Waals surface area contributed by atoms with E-state index in [1.165, 1.54) is 11.8 Å². The molecule has 1 saturated heterocycles. The van der Waals surface area contributed by atoms with Crippen LogP contribution < -0.4 is 11.1 Å². The summed E-state index contributed by atoms with van der Waals surface area (Å²) in [6.07, 6.45) is 0.691. The summed E-state index contributed by atoms with van der Waals surface area (Å²) in [5.74, 6) is 0.00169. The molecule has 2 rings (SSSR count). The molecule has 0 radical (unpaired) electrons. The third kappa shape index (κ3) is 2.49. The highest BCUT2D eigenvalue weighted by Gasteiger charge is 2.28. The fourth-order valence-electron chi connectivity index (χ4n) is 1.40. The van der Waals surface area contributed by atoms with Crippen LogP contribution in [0.2, 0.25) is 0 Å². The van der Waals surface area contributed by atoms with Gasteiger partial charge in [-0.2, -0.15) is 0 Å². The van der Waals surface area contributed by atoms with Crippen molar-refractivity contribution in [2.24, 2.45) is 0 Å². The van der Waals surface area contributed by atoms with Crippen LogP contribution in [-0.2, 0) is 11.2 Å². The maximum atomic E-state index is 11.4. The average Bonchev–Trinajstić information content (AvgIpc) is 2.49. The van der Waals surface area contributed by atoms with Gasteiger partial charge in [0.2, 0.25) is 5.91 Å². The zero-order valence-corrected chi connectivity index (χ0v) is 9.53. The molecule has 1 aromatic carbocycles. The zero-order chi connectivity index (χ0) is 10.8. The van der Waals surface area contributed by atoms with Gasteiger partial charge in [-0.1, -0.05) is 36.1 Å². The second-order valence-corrected chi connectivity index (χ2v) is 5.21. The number of thioether (sulfide) groups is 1. The van der Waals surface area contributed by atoms with E-state index in [0.717, 1.165) is 11.3 Å². The van der Waals surface area contributed by atoms with Crippen LogP contribution in [0, 0.1) is 0 Å². The Bertz CT molecular complexity index is 402. The Morgan fingerprint density at radius 1 is 1.40 bits per heavy atom. The molecule has 5 heteroatoms. The largest absolute Gasteiger partial charge is 0.399 e. The van der Waals surface area contributed by atoms with Gasteiger partial charge in [0.1, 0.15) is 4.32 Å². The van der Waals surface area contributed by atoms with E-state index in [2.05, 4.69) is 5.32 Å². The Balaban J connectivity index is 2.06. The van der Waals surface area contributed by atoms with Crippen LogP contribution in [0.1, 0.15) is 5.56 Å². The van der Waals surface area contributed by atoms with Gasteiger partial charge in [0.05, 0.1) is 5.25 Å². The molecule has 1 aliphatic heterocycles. The van der Waals surface area contributed by atoms with Crippen molar-refractivity contribution in [3.05, 3.63) is 29.8 Å². The van der Waals surface area contributed by atoms with Crippen molar-refractivity contribution in [2.75, 3.05) is 5.73 Å². The normalized spacial score (nSPS) is 20.4. The number of rotatable bonds is 2. The number of nitrogens with two attached hydrogens (primary N) is 1. The molecule has 1 atom stereocenters. The number of nitrogens with one attached hydrogen (secondary N) is 1. The van der Waals surface area contributed by atoms with Crippen molar-refractivity contribution in [1.82, 2.24) is 5.32 Å². The lowest BCUT2D eigenvalue weighted by Crippen LogP contribution is -2.25. The highest BCUT2D eigenvalue weighted by Crippen LogP contribution is 2.23. The molecule has 15 heavy (non-hydrogen) atoms. The SMILES string of the molecule is Nc1ccc(CC2SC(=S)NC2=O)cc1. The van der Waals surface area contributed by atoms with Crippen LogP contribution in [0.5, 0.6) is 0 Å². The first-order valence-electron chi connectivity index (χ1n) is 4.51.